The number of hydrogen-bond donors (Lipinski definition) is 2. The zero-order valence-electron chi connectivity index (χ0n) is 31.8. The zero-order chi connectivity index (χ0) is 39.2. The molecule has 4 aromatic rings. The van der Waals surface area contributed by atoms with Crippen molar-refractivity contribution in [1.29, 1.82) is 0 Å². The van der Waals surface area contributed by atoms with Crippen molar-refractivity contribution in [2.24, 2.45) is 0 Å². The number of aryl methyl sites for hydroxylation is 2. The van der Waals surface area contributed by atoms with Crippen LogP contribution in [0.15, 0.2) is 125 Å². The largest absolute Gasteiger partial charge is 0.367 e. The van der Waals surface area contributed by atoms with Crippen molar-refractivity contribution in [3.63, 3.8) is 0 Å². The molecular formula is C43H50N3O6S2+. The van der Waals surface area contributed by atoms with Gasteiger partial charge in [0.2, 0.25) is 0 Å². The Balaban J connectivity index is 1.58. The van der Waals surface area contributed by atoms with Crippen LogP contribution in [0, 0.1) is 13.8 Å². The number of nitrogens with zero attached hydrogens (tertiary/aromatic N) is 3. The highest BCUT2D eigenvalue weighted by Crippen LogP contribution is 2.37. The molecule has 284 valence electrons. The van der Waals surface area contributed by atoms with Crippen LogP contribution >= 0.6 is 0 Å². The molecule has 0 fully saturated rings. The van der Waals surface area contributed by atoms with Crippen LogP contribution < -0.4 is 9.80 Å². The third-order valence-corrected chi connectivity index (χ3v) is 11.9. The molecule has 5 rings (SSSR count). The van der Waals surface area contributed by atoms with Crippen molar-refractivity contribution < 1.29 is 30.5 Å². The summed E-state index contributed by atoms with van der Waals surface area (Å²) in [5.74, 6) is 0. The molecule has 11 heteroatoms. The van der Waals surface area contributed by atoms with E-state index in [4.69, 9.17) is 0 Å². The molecule has 1 aliphatic rings. The Morgan fingerprint density at radius 3 is 1.35 bits per heavy atom. The molecule has 0 aromatic heterocycles. The maximum Gasteiger partial charge on any atom is 0.294 e. The highest BCUT2D eigenvalue weighted by atomic mass is 32.2. The minimum Gasteiger partial charge on any atom is -0.367 e. The van der Waals surface area contributed by atoms with E-state index in [1.807, 2.05) is 13.8 Å². The van der Waals surface area contributed by atoms with E-state index in [1.165, 1.54) is 12.1 Å². The van der Waals surface area contributed by atoms with E-state index >= 15 is 0 Å². The molecule has 0 saturated heterocycles. The van der Waals surface area contributed by atoms with Gasteiger partial charge in [-0.3, -0.25) is 9.11 Å². The van der Waals surface area contributed by atoms with Crippen molar-refractivity contribution in [3.05, 3.63) is 148 Å². The molecule has 0 radical (unpaired) electrons. The van der Waals surface area contributed by atoms with Crippen LogP contribution in [0.3, 0.4) is 0 Å². The molecule has 2 N–H and O–H groups in total. The van der Waals surface area contributed by atoms with Crippen molar-refractivity contribution in [3.8, 4) is 0 Å². The van der Waals surface area contributed by atoms with Crippen LogP contribution in [-0.2, 0) is 33.3 Å². The maximum atomic E-state index is 12.1. The second kappa shape index (κ2) is 17.1. The van der Waals surface area contributed by atoms with Crippen LogP contribution in [0.2, 0.25) is 0 Å². The lowest BCUT2D eigenvalue weighted by Gasteiger charge is -2.27. The van der Waals surface area contributed by atoms with Crippen LogP contribution in [0.25, 0.3) is 5.57 Å². The Morgan fingerprint density at radius 1 is 0.593 bits per heavy atom. The van der Waals surface area contributed by atoms with E-state index in [-0.39, 0.29) is 9.79 Å². The molecule has 54 heavy (non-hydrogen) atoms. The number of anilines is 2. The molecule has 9 nitrogen and oxygen atoms in total. The fourth-order valence-electron chi connectivity index (χ4n) is 7.09. The molecular weight excluding hydrogens is 719 g/mol. The van der Waals surface area contributed by atoms with Gasteiger partial charge < -0.3 is 9.80 Å². The molecule has 0 amide bonds. The summed E-state index contributed by atoms with van der Waals surface area (Å²) in [5.41, 5.74) is 10.3. The van der Waals surface area contributed by atoms with Gasteiger partial charge in [0.15, 0.2) is 5.71 Å². The summed E-state index contributed by atoms with van der Waals surface area (Å²) < 4.78 is 70.6. The van der Waals surface area contributed by atoms with Crippen molar-refractivity contribution in [1.82, 2.24) is 0 Å². The normalized spacial score (nSPS) is 13.0. The van der Waals surface area contributed by atoms with Crippen LogP contribution in [-0.4, -0.2) is 62.4 Å². The van der Waals surface area contributed by atoms with Gasteiger partial charge in [0, 0.05) is 49.7 Å². The lowest BCUT2D eigenvalue weighted by molar-refractivity contribution is -0.519. The maximum absolute atomic E-state index is 12.1. The van der Waals surface area contributed by atoms with E-state index in [0.29, 0.717) is 37.3 Å². The predicted octanol–water partition coefficient (Wildman–Crippen LogP) is 8.27. The first-order valence-corrected chi connectivity index (χ1v) is 21.1. The van der Waals surface area contributed by atoms with Gasteiger partial charge in [0.1, 0.15) is 13.1 Å². The van der Waals surface area contributed by atoms with Crippen LogP contribution in [0.5, 0.6) is 0 Å². The van der Waals surface area contributed by atoms with Crippen LogP contribution in [0.4, 0.5) is 11.4 Å². The van der Waals surface area contributed by atoms with Crippen molar-refractivity contribution >= 4 is 42.9 Å². The molecule has 0 saturated carbocycles. The van der Waals surface area contributed by atoms with E-state index in [1.54, 1.807) is 36.4 Å². The lowest BCUT2D eigenvalue weighted by Crippen LogP contribution is -2.23. The molecule has 0 spiro atoms. The summed E-state index contributed by atoms with van der Waals surface area (Å²) >= 11 is 0. The van der Waals surface area contributed by atoms with Gasteiger partial charge in [-0.1, -0.05) is 48.5 Å². The molecule has 0 atom stereocenters. The van der Waals surface area contributed by atoms with Gasteiger partial charge in [-0.05, 0) is 135 Å². The van der Waals surface area contributed by atoms with Gasteiger partial charge >= 0.3 is 0 Å². The first kappa shape index (κ1) is 40.4. The van der Waals surface area contributed by atoms with Gasteiger partial charge in [0.05, 0.1) is 9.79 Å². The van der Waals surface area contributed by atoms with E-state index < -0.39 is 20.2 Å². The fraction of sp³-hybridized carbons (Fsp3) is 0.279. The smallest absolute Gasteiger partial charge is 0.294 e. The van der Waals surface area contributed by atoms with Gasteiger partial charge in [0.25, 0.3) is 20.2 Å². The number of hydrogen-bond acceptors (Lipinski definition) is 6. The molecule has 0 unspecified atom stereocenters. The summed E-state index contributed by atoms with van der Waals surface area (Å²) in [5, 5.41) is 0. The molecule has 0 heterocycles. The Morgan fingerprint density at radius 2 is 1.00 bits per heavy atom. The lowest BCUT2D eigenvalue weighted by atomic mass is 9.86. The highest BCUT2D eigenvalue weighted by Gasteiger charge is 2.22. The minimum absolute atomic E-state index is 0.0937. The number of benzene rings is 4. The minimum atomic E-state index is -4.38. The second-order valence-corrected chi connectivity index (χ2v) is 16.1. The number of rotatable bonds is 14. The van der Waals surface area contributed by atoms with Crippen molar-refractivity contribution in [2.75, 3.05) is 36.0 Å². The summed E-state index contributed by atoms with van der Waals surface area (Å²) in [6.07, 6.45) is 8.65. The summed E-state index contributed by atoms with van der Waals surface area (Å²) in [7, 11) is -8.76. The average molecular weight is 769 g/mol. The van der Waals surface area contributed by atoms with E-state index in [9.17, 15) is 25.9 Å². The first-order valence-electron chi connectivity index (χ1n) is 18.2. The zero-order valence-corrected chi connectivity index (χ0v) is 33.5. The Kier molecular flexibility index (Phi) is 12.8. The topological polar surface area (TPSA) is 118 Å². The standard InChI is InChI=1S/C43H49N3O6S2/c1-7-44(8-2)36-21-19-33(20-22-36)43(39-25-23-37(27-31(39)5)45(9-3)29-34-15-11-13-17-41(34)53(47,48)49)40-26-24-38(28-32(40)6)46(10-4)30-35-16-12-14-18-42(35)54(50,51)52/h11-28H,7-10,29-30H2,1-6H3,(H-,47,48,49,50,51,52)/p+1. The highest BCUT2D eigenvalue weighted by molar-refractivity contribution is 7.86. The average Bonchev–Trinajstić information content (AvgIpc) is 3.14. The third kappa shape index (κ3) is 9.10. The first-order chi connectivity index (χ1) is 25.7. The predicted molar refractivity (Wildman–Crippen MR) is 219 cm³/mol. The second-order valence-electron chi connectivity index (χ2n) is 13.3. The quantitative estimate of drug-likeness (QED) is 0.0973. The van der Waals surface area contributed by atoms with E-state index in [2.05, 4.69) is 103 Å². The Bertz CT molecular complexity index is 2220. The van der Waals surface area contributed by atoms with Gasteiger partial charge in [-0.15, -0.1) is 0 Å². The number of allylic oxidation sites excluding steroid dienone is 5. The van der Waals surface area contributed by atoms with Gasteiger partial charge in [-0.25, -0.2) is 4.58 Å². The SMILES string of the molecule is CCN(Cc1ccccc1S(=O)(=O)O)c1ccc(C(=C2C=CC(=[N+](CC)CC)C=C2)c2ccc(N(CC)Cc3ccccc3S(=O)(=O)O)cc2C)c(C)c1. The fourth-order valence-corrected chi connectivity index (χ4v) is 8.52. The van der Waals surface area contributed by atoms with E-state index in [0.717, 1.165) is 63.6 Å². The summed E-state index contributed by atoms with van der Waals surface area (Å²) in [4.78, 5) is 3.98. The third-order valence-electron chi connectivity index (χ3n) is 9.96. The summed E-state index contributed by atoms with van der Waals surface area (Å²) in [6, 6.07) is 25.6. The molecule has 0 bridgehead atoms. The van der Waals surface area contributed by atoms with Crippen LogP contribution in [0.1, 0.15) is 61.1 Å². The van der Waals surface area contributed by atoms with Crippen molar-refractivity contribution in [2.45, 2.75) is 64.4 Å². The molecule has 0 aliphatic heterocycles. The molecule has 4 aromatic carbocycles. The van der Waals surface area contributed by atoms with Gasteiger partial charge in [-0.2, -0.15) is 16.8 Å². The Hall–Kier alpha value is -4.81. The molecule has 1 aliphatic carbocycles. The monoisotopic (exact) mass is 768 g/mol. The Labute approximate surface area is 320 Å². The summed E-state index contributed by atoms with van der Waals surface area (Å²) in [6.45, 7) is 16.1.